The van der Waals surface area contributed by atoms with Gasteiger partial charge in [0.15, 0.2) is 0 Å². The van der Waals surface area contributed by atoms with Crippen LogP contribution in [0, 0.1) is 6.92 Å². The lowest BCUT2D eigenvalue weighted by Gasteiger charge is -2.22. The van der Waals surface area contributed by atoms with E-state index < -0.39 is 0 Å². The van der Waals surface area contributed by atoms with E-state index >= 15 is 0 Å². The summed E-state index contributed by atoms with van der Waals surface area (Å²) in [7, 11) is 0. The molecule has 122 valence electrons. The van der Waals surface area contributed by atoms with Crippen molar-refractivity contribution < 1.29 is 4.79 Å². The van der Waals surface area contributed by atoms with E-state index in [-0.39, 0.29) is 24.4 Å². The van der Waals surface area contributed by atoms with Crippen LogP contribution in [0.1, 0.15) is 40.7 Å². The van der Waals surface area contributed by atoms with Crippen molar-refractivity contribution in [2.24, 2.45) is 0 Å². The zero-order valence-electron chi connectivity index (χ0n) is 13.5. The lowest BCUT2D eigenvalue weighted by Crippen LogP contribution is -2.33. The summed E-state index contributed by atoms with van der Waals surface area (Å²) in [5.41, 5.74) is 9.77. The first-order valence-corrected chi connectivity index (χ1v) is 7.78. The van der Waals surface area contributed by atoms with Crippen LogP contribution >= 0.6 is 12.4 Å². The Morgan fingerprint density at radius 2 is 1.91 bits per heavy atom. The van der Waals surface area contributed by atoms with Gasteiger partial charge in [0, 0.05) is 29.8 Å². The maximum atomic E-state index is 12.7. The molecule has 1 saturated heterocycles. The maximum Gasteiger partial charge on any atom is 0.254 e. The van der Waals surface area contributed by atoms with Gasteiger partial charge in [-0.1, -0.05) is 30.3 Å². The molecule has 1 aliphatic rings. The highest BCUT2D eigenvalue weighted by molar-refractivity contribution is 5.95. The van der Waals surface area contributed by atoms with Crippen molar-refractivity contribution in [1.29, 1.82) is 0 Å². The van der Waals surface area contributed by atoms with Crippen molar-refractivity contribution >= 4 is 24.0 Å². The number of amides is 1. The highest BCUT2D eigenvalue weighted by Gasteiger charge is 2.34. The molecule has 1 aliphatic heterocycles. The molecule has 2 aromatic carbocycles. The molecular formula is C19H23ClN2O. The molecule has 0 aliphatic carbocycles. The predicted octanol–water partition coefficient (Wildman–Crippen LogP) is 4.02. The Morgan fingerprint density at radius 1 is 1.17 bits per heavy atom. The minimum atomic E-state index is 0. The summed E-state index contributed by atoms with van der Waals surface area (Å²) in [6.45, 7) is 5.05. The molecule has 4 heteroatoms. The molecule has 0 radical (unpaired) electrons. The number of nitrogens with two attached hydrogens (primary N) is 1. The van der Waals surface area contributed by atoms with Gasteiger partial charge in [0.1, 0.15) is 0 Å². The van der Waals surface area contributed by atoms with E-state index in [2.05, 4.69) is 38.1 Å². The largest absolute Gasteiger partial charge is 0.399 e. The fraction of sp³-hybridized carbons (Fsp3) is 0.316. The van der Waals surface area contributed by atoms with Gasteiger partial charge in [0.2, 0.25) is 0 Å². The minimum absolute atomic E-state index is 0. The molecule has 2 unspecified atom stereocenters. The van der Waals surface area contributed by atoms with E-state index in [0.717, 1.165) is 13.0 Å². The van der Waals surface area contributed by atoms with Crippen LogP contribution in [0.2, 0.25) is 0 Å². The van der Waals surface area contributed by atoms with Gasteiger partial charge in [-0.2, -0.15) is 0 Å². The van der Waals surface area contributed by atoms with Crippen LogP contribution in [0.3, 0.4) is 0 Å². The first-order valence-electron chi connectivity index (χ1n) is 7.78. The van der Waals surface area contributed by atoms with Gasteiger partial charge >= 0.3 is 0 Å². The van der Waals surface area contributed by atoms with E-state index in [1.54, 1.807) is 12.1 Å². The van der Waals surface area contributed by atoms with Crippen molar-refractivity contribution in [3.05, 3.63) is 65.2 Å². The number of hydrogen-bond acceptors (Lipinski definition) is 2. The second kappa shape index (κ2) is 7.05. The molecular weight excluding hydrogens is 308 g/mol. The molecule has 2 aromatic rings. The van der Waals surface area contributed by atoms with Crippen LogP contribution in [0.25, 0.3) is 0 Å². The molecule has 3 nitrogen and oxygen atoms in total. The molecule has 1 heterocycles. The first-order chi connectivity index (χ1) is 10.6. The van der Waals surface area contributed by atoms with Crippen LogP contribution in [0.15, 0.2) is 48.5 Å². The Labute approximate surface area is 143 Å². The molecule has 0 aromatic heterocycles. The lowest BCUT2D eigenvalue weighted by atomic mass is 9.93. The zero-order valence-corrected chi connectivity index (χ0v) is 14.3. The lowest BCUT2D eigenvalue weighted by molar-refractivity contribution is 0.0746. The predicted molar refractivity (Wildman–Crippen MR) is 97.1 cm³/mol. The number of nitrogens with zero attached hydrogens (tertiary/aromatic N) is 1. The van der Waals surface area contributed by atoms with Crippen molar-refractivity contribution in [3.63, 3.8) is 0 Å². The topological polar surface area (TPSA) is 46.3 Å². The third-order valence-electron chi connectivity index (χ3n) is 4.60. The standard InChI is InChI=1S/C19H22N2O.ClH/c1-13-6-3-4-9-18(13)16-10-14(2)21(12-16)19(22)15-7-5-8-17(20)11-15;/h3-9,11,14,16H,10,12,20H2,1-2H3;1H. The number of likely N-dealkylation sites (tertiary alicyclic amines) is 1. The number of benzene rings is 2. The summed E-state index contributed by atoms with van der Waals surface area (Å²) in [5, 5.41) is 0. The number of rotatable bonds is 2. The monoisotopic (exact) mass is 330 g/mol. The van der Waals surface area contributed by atoms with Crippen molar-refractivity contribution in [3.8, 4) is 0 Å². The molecule has 0 spiro atoms. The van der Waals surface area contributed by atoms with Crippen molar-refractivity contribution in [2.45, 2.75) is 32.2 Å². The molecule has 2 atom stereocenters. The van der Waals surface area contributed by atoms with Gasteiger partial charge in [-0.05, 0) is 49.6 Å². The molecule has 0 saturated carbocycles. The number of carbonyl (C=O) groups is 1. The Morgan fingerprint density at radius 3 is 2.61 bits per heavy atom. The van der Waals surface area contributed by atoms with Crippen LogP contribution in [0.5, 0.6) is 0 Å². The number of nitrogen functional groups attached to an aromatic ring is 1. The van der Waals surface area contributed by atoms with E-state index in [1.807, 2.05) is 17.0 Å². The summed E-state index contributed by atoms with van der Waals surface area (Å²) in [5.74, 6) is 0.497. The third kappa shape index (κ3) is 3.50. The second-order valence-corrected chi connectivity index (χ2v) is 6.22. The molecule has 1 amide bonds. The number of carbonyl (C=O) groups excluding carboxylic acids is 1. The molecule has 2 N–H and O–H groups in total. The summed E-state index contributed by atoms with van der Waals surface area (Å²) in [6, 6.07) is 16.0. The number of hydrogen-bond donors (Lipinski definition) is 1. The fourth-order valence-corrected chi connectivity index (χ4v) is 3.42. The molecule has 1 fully saturated rings. The van der Waals surface area contributed by atoms with E-state index in [9.17, 15) is 4.79 Å². The fourth-order valence-electron chi connectivity index (χ4n) is 3.42. The van der Waals surface area contributed by atoms with Crippen LogP contribution < -0.4 is 5.73 Å². The SMILES string of the molecule is Cc1ccccc1C1CC(C)N(C(=O)c2cccc(N)c2)C1.Cl. The molecule has 0 bridgehead atoms. The highest BCUT2D eigenvalue weighted by Crippen LogP contribution is 2.34. The van der Waals surface area contributed by atoms with Gasteiger partial charge in [-0.15, -0.1) is 12.4 Å². The van der Waals surface area contributed by atoms with Crippen molar-refractivity contribution in [2.75, 3.05) is 12.3 Å². The summed E-state index contributed by atoms with van der Waals surface area (Å²) < 4.78 is 0. The van der Waals surface area contributed by atoms with Gasteiger partial charge < -0.3 is 10.6 Å². The van der Waals surface area contributed by atoms with E-state index in [0.29, 0.717) is 17.2 Å². The Balaban J connectivity index is 0.00000192. The van der Waals surface area contributed by atoms with E-state index in [1.165, 1.54) is 11.1 Å². The average molecular weight is 331 g/mol. The van der Waals surface area contributed by atoms with Crippen LogP contribution in [-0.2, 0) is 0 Å². The molecule has 3 rings (SSSR count). The summed E-state index contributed by atoms with van der Waals surface area (Å²) in [6.07, 6.45) is 1.01. The van der Waals surface area contributed by atoms with Crippen LogP contribution in [-0.4, -0.2) is 23.4 Å². The maximum absolute atomic E-state index is 12.7. The van der Waals surface area contributed by atoms with Crippen LogP contribution in [0.4, 0.5) is 5.69 Å². The minimum Gasteiger partial charge on any atom is -0.399 e. The van der Waals surface area contributed by atoms with Gasteiger partial charge in [0.05, 0.1) is 0 Å². The van der Waals surface area contributed by atoms with E-state index in [4.69, 9.17) is 5.73 Å². The number of halogens is 1. The van der Waals surface area contributed by atoms with Gasteiger partial charge in [-0.3, -0.25) is 4.79 Å². The number of anilines is 1. The number of aryl methyl sites for hydroxylation is 1. The Hall–Kier alpha value is -2.00. The second-order valence-electron chi connectivity index (χ2n) is 6.22. The smallest absolute Gasteiger partial charge is 0.254 e. The normalized spacial score (nSPS) is 20.2. The van der Waals surface area contributed by atoms with Crippen molar-refractivity contribution in [1.82, 2.24) is 4.90 Å². The molecule has 23 heavy (non-hydrogen) atoms. The van der Waals surface area contributed by atoms with Gasteiger partial charge in [-0.25, -0.2) is 0 Å². The van der Waals surface area contributed by atoms with Gasteiger partial charge in [0.25, 0.3) is 5.91 Å². The zero-order chi connectivity index (χ0) is 15.7. The summed E-state index contributed by atoms with van der Waals surface area (Å²) in [4.78, 5) is 14.7. The average Bonchev–Trinajstić information content (AvgIpc) is 2.88. The Bertz CT molecular complexity index is 701. The Kier molecular flexibility index (Phi) is 5.32. The quantitative estimate of drug-likeness (QED) is 0.845. The highest BCUT2D eigenvalue weighted by atomic mass is 35.5. The first kappa shape index (κ1) is 17.4. The summed E-state index contributed by atoms with van der Waals surface area (Å²) >= 11 is 0. The third-order valence-corrected chi connectivity index (χ3v) is 4.60.